The lowest BCUT2D eigenvalue weighted by Crippen LogP contribution is -2.30. The number of rotatable bonds is 2. The van der Waals surface area contributed by atoms with Crippen LogP contribution in [0.2, 0.25) is 0 Å². The van der Waals surface area contributed by atoms with Gasteiger partial charge in [-0.05, 0) is 38.8 Å². The van der Waals surface area contributed by atoms with Gasteiger partial charge in [0.15, 0.2) is 0 Å². The Morgan fingerprint density at radius 3 is 3.07 bits per heavy atom. The van der Waals surface area contributed by atoms with Crippen molar-refractivity contribution in [3.05, 3.63) is 23.9 Å². The second-order valence-corrected chi connectivity index (χ2v) is 4.89. The van der Waals surface area contributed by atoms with Crippen LogP contribution >= 0.6 is 11.8 Å². The van der Waals surface area contributed by atoms with E-state index >= 15 is 0 Å². The highest BCUT2D eigenvalue weighted by Gasteiger charge is 2.22. The molecule has 1 fully saturated rings. The maximum Gasteiger partial charge on any atom is 0.100 e. The van der Waals surface area contributed by atoms with E-state index in [2.05, 4.69) is 35.3 Å². The topological polar surface area (TPSA) is 16.1 Å². The van der Waals surface area contributed by atoms with E-state index in [1.54, 1.807) is 11.8 Å². The van der Waals surface area contributed by atoms with E-state index in [1.807, 2.05) is 6.20 Å². The molecule has 1 aliphatic heterocycles. The molecule has 1 aliphatic rings. The van der Waals surface area contributed by atoms with Crippen LogP contribution in [-0.2, 0) is 0 Å². The molecule has 15 heavy (non-hydrogen) atoms. The minimum Gasteiger partial charge on any atom is -0.299 e. The van der Waals surface area contributed by atoms with Crippen LogP contribution in [0.15, 0.2) is 23.4 Å². The zero-order chi connectivity index (χ0) is 10.7. The minimum atomic E-state index is 0.579. The van der Waals surface area contributed by atoms with Crippen LogP contribution in [0.5, 0.6) is 0 Å². The Morgan fingerprint density at radius 1 is 1.47 bits per heavy atom. The predicted octanol–water partition coefficient (Wildman–Crippen LogP) is 2.96. The number of likely N-dealkylation sites (tertiary alicyclic amines) is 1. The number of aromatic nitrogens is 1. The minimum absolute atomic E-state index is 0.579. The molecule has 0 aromatic carbocycles. The Hall–Kier alpha value is -0.540. The fraction of sp³-hybridized carbons (Fsp3) is 0.583. The molecule has 1 aromatic rings. The van der Waals surface area contributed by atoms with Gasteiger partial charge in [0, 0.05) is 17.8 Å². The average Bonchev–Trinajstić information content (AvgIpc) is 2.30. The van der Waals surface area contributed by atoms with E-state index in [0.717, 1.165) is 0 Å². The number of hydrogen-bond donors (Lipinski definition) is 0. The molecular weight excluding hydrogens is 204 g/mol. The first kappa shape index (κ1) is 11.0. The lowest BCUT2D eigenvalue weighted by Gasteiger charge is -2.33. The molecule has 0 saturated carbocycles. The van der Waals surface area contributed by atoms with Crippen molar-refractivity contribution in [3.8, 4) is 0 Å². The molecule has 0 amide bonds. The van der Waals surface area contributed by atoms with E-state index < -0.39 is 0 Å². The van der Waals surface area contributed by atoms with Gasteiger partial charge >= 0.3 is 0 Å². The molecule has 0 unspecified atom stereocenters. The van der Waals surface area contributed by atoms with E-state index in [-0.39, 0.29) is 0 Å². The lowest BCUT2D eigenvalue weighted by molar-refractivity contribution is 0.184. The number of piperidine rings is 1. The summed E-state index contributed by atoms with van der Waals surface area (Å²) >= 11 is 1.75. The fourth-order valence-corrected chi connectivity index (χ4v) is 2.90. The average molecular weight is 222 g/mol. The van der Waals surface area contributed by atoms with E-state index in [1.165, 1.54) is 36.4 Å². The van der Waals surface area contributed by atoms with E-state index in [0.29, 0.717) is 6.04 Å². The van der Waals surface area contributed by atoms with Crippen molar-refractivity contribution in [2.24, 2.45) is 0 Å². The van der Waals surface area contributed by atoms with Crippen LogP contribution in [0.25, 0.3) is 0 Å². The summed E-state index contributed by atoms with van der Waals surface area (Å²) < 4.78 is 0. The number of hydrogen-bond acceptors (Lipinski definition) is 3. The summed E-state index contributed by atoms with van der Waals surface area (Å²) in [4.78, 5) is 6.90. The van der Waals surface area contributed by atoms with Gasteiger partial charge in [-0.3, -0.25) is 4.90 Å². The smallest absolute Gasteiger partial charge is 0.100 e. The molecule has 2 rings (SSSR count). The molecule has 0 N–H and O–H groups in total. The molecule has 1 atom stereocenters. The maximum atomic E-state index is 4.44. The first-order chi connectivity index (χ1) is 7.33. The third kappa shape index (κ3) is 2.34. The van der Waals surface area contributed by atoms with Crippen molar-refractivity contribution < 1.29 is 0 Å². The summed E-state index contributed by atoms with van der Waals surface area (Å²) in [7, 11) is 2.22. The highest BCUT2D eigenvalue weighted by atomic mass is 32.2. The van der Waals surface area contributed by atoms with Crippen LogP contribution in [-0.4, -0.2) is 29.7 Å². The molecular formula is C12H18N2S. The van der Waals surface area contributed by atoms with Crippen LogP contribution < -0.4 is 0 Å². The highest BCUT2D eigenvalue weighted by molar-refractivity contribution is 7.98. The van der Waals surface area contributed by atoms with Crippen molar-refractivity contribution in [3.63, 3.8) is 0 Å². The van der Waals surface area contributed by atoms with Crippen molar-refractivity contribution in [2.45, 2.75) is 30.3 Å². The molecule has 82 valence electrons. The maximum absolute atomic E-state index is 4.44. The van der Waals surface area contributed by atoms with Gasteiger partial charge in [0.2, 0.25) is 0 Å². The Balaban J connectivity index is 2.26. The quantitative estimate of drug-likeness (QED) is 0.716. The first-order valence-corrected chi connectivity index (χ1v) is 6.74. The SMILES string of the molecule is CSc1ncccc1[C@H]1CCCCN1C. The zero-order valence-electron chi connectivity index (χ0n) is 9.44. The molecule has 0 bridgehead atoms. The second kappa shape index (κ2) is 4.99. The van der Waals surface area contributed by atoms with Crippen LogP contribution in [0.4, 0.5) is 0 Å². The number of thioether (sulfide) groups is 1. The number of pyridine rings is 1. The molecule has 1 saturated heterocycles. The van der Waals surface area contributed by atoms with Crippen LogP contribution in [0, 0.1) is 0 Å². The second-order valence-electron chi connectivity index (χ2n) is 4.09. The van der Waals surface area contributed by atoms with Crippen molar-refractivity contribution in [2.75, 3.05) is 19.8 Å². The first-order valence-electron chi connectivity index (χ1n) is 5.52. The monoisotopic (exact) mass is 222 g/mol. The van der Waals surface area contributed by atoms with Crippen LogP contribution in [0.1, 0.15) is 30.9 Å². The van der Waals surface area contributed by atoms with Gasteiger partial charge in [-0.2, -0.15) is 0 Å². The summed E-state index contributed by atoms with van der Waals surface area (Å²) in [5.74, 6) is 0. The van der Waals surface area contributed by atoms with Gasteiger partial charge in [0.25, 0.3) is 0 Å². The highest BCUT2D eigenvalue weighted by Crippen LogP contribution is 2.33. The summed E-state index contributed by atoms with van der Waals surface area (Å²) in [6.07, 6.45) is 7.95. The molecule has 0 radical (unpaired) electrons. The van der Waals surface area contributed by atoms with Crippen molar-refractivity contribution in [1.29, 1.82) is 0 Å². The van der Waals surface area contributed by atoms with E-state index in [4.69, 9.17) is 0 Å². The van der Waals surface area contributed by atoms with Gasteiger partial charge in [0.05, 0.1) is 0 Å². The molecule has 3 heteroatoms. The molecule has 2 heterocycles. The lowest BCUT2D eigenvalue weighted by atomic mass is 9.97. The van der Waals surface area contributed by atoms with Crippen LogP contribution in [0.3, 0.4) is 0 Å². The standard InChI is InChI=1S/C12H18N2S/c1-14-9-4-3-7-11(14)10-6-5-8-13-12(10)15-2/h5-6,8,11H,3-4,7,9H2,1-2H3/t11-/m1/s1. The largest absolute Gasteiger partial charge is 0.299 e. The van der Waals surface area contributed by atoms with Gasteiger partial charge in [0.1, 0.15) is 5.03 Å². The summed E-state index contributed by atoms with van der Waals surface area (Å²) in [6.45, 7) is 1.22. The Bertz CT molecular complexity index is 327. The van der Waals surface area contributed by atoms with Gasteiger partial charge in [-0.1, -0.05) is 12.5 Å². The fourth-order valence-electron chi connectivity index (χ4n) is 2.30. The summed E-state index contributed by atoms with van der Waals surface area (Å²) in [6, 6.07) is 4.86. The third-order valence-electron chi connectivity index (χ3n) is 3.12. The van der Waals surface area contributed by atoms with Crippen molar-refractivity contribution >= 4 is 11.8 Å². The Labute approximate surface area is 96.1 Å². The Kier molecular flexibility index (Phi) is 3.65. The zero-order valence-corrected chi connectivity index (χ0v) is 10.3. The predicted molar refractivity (Wildman–Crippen MR) is 65.2 cm³/mol. The van der Waals surface area contributed by atoms with Crippen molar-refractivity contribution in [1.82, 2.24) is 9.88 Å². The third-order valence-corrected chi connectivity index (χ3v) is 3.85. The summed E-state index contributed by atoms with van der Waals surface area (Å²) in [5, 5.41) is 1.19. The number of nitrogens with zero attached hydrogens (tertiary/aromatic N) is 2. The Morgan fingerprint density at radius 2 is 2.33 bits per heavy atom. The molecule has 0 aliphatic carbocycles. The van der Waals surface area contributed by atoms with Gasteiger partial charge < -0.3 is 0 Å². The molecule has 1 aromatic heterocycles. The molecule has 0 spiro atoms. The molecule has 2 nitrogen and oxygen atoms in total. The van der Waals surface area contributed by atoms with E-state index in [9.17, 15) is 0 Å². The van der Waals surface area contributed by atoms with Gasteiger partial charge in [-0.25, -0.2) is 4.98 Å². The van der Waals surface area contributed by atoms with Gasteiger partial charge in [-0.15, -0.1) is 11.8 Å². The normalized spacial score (nSPS) is 22.9. The summed E-state index contributed by atoms with van der Waals surface area (Å²) in [5.41, 5.74) is 1.41.